The predicted molar refractivity (Wildman–Crippen MR) is 76.9 cm³/mol. The first-order valence-corrected chi connectivity index (χ1v) is 6.46. The van der Waals surface area contributed by atoms with Gasteiger partial charge < -0.3 is 14.8 Å². The van der Waals surface area contributed by atoms with Crippen LogP contribution in [0.1, 0.15) is 12.0 Å². The molecule has 4 heteroatoms. The molecule has 1 aromatic rings. The molecule has 0 saturated carbocycles. The number of hydrogen-bond donors (Lipinski definition) is 1. The Morgan fingerprint density at radius 3 is 2.50 bits per heavy atom. The molecule has 20 heavy (non-hydrogen) atoms. The Morgan fingerprint density at radius 2 is 1.90 bits per heavy atom. The summed E-state index contributed by atoms with van der Waals surface area (Å²) in [5.74, 6) is -0.126. The van der Waals surface area contributed by atoms with Gasteiger partial charge in [0.1, 0.15) is 0 Å². The molecule has 0 spiro atoms. The number of carbonyl (C=O) groups is 1. The van der Waals surface area contributed by atoms with Crippen molar-refractivity contribution >= 4 is 5.91 Å². The van der Waals surface area contributed by atoms with Crippen LogP contribution in [0.2, 0.25) is 0 Å². The van der Waals surface area contributed by atoms with E-state index in [0.29, 0.717) is 24.1 Å². The molecule has 1 heterocycles. The van der Waals surface area contributed by atoms with Crippen LogP contribution in [-0.4, -0.2) is 26.4 Å². The molecule has 1 aliphatic rings. The normalized spacial score (nSPS) is 15.8. The SMILES string of the molecule is C=C1CC(C(OC)OC)=C(Cc2ccccc2)C(=O)N1. The lowest BCUT2D eigenvalue weighted by molar-refractivity contribution is -0.118. The van der Waals surface area contributed by atoms with E-state index in [-0.39, 0.29) is 5.91 Å². The zero-order valence-corrected chi connectivity index (χ0v) is 11.8. The van der Waals surface area contributed by atoms with Crippen molar-refractivity contribution in [3.63, 3.8) is 0 Å². The maximum Gasteiger partial charge on any atom is 0.251 e. The van der Waals surface area contributed by atoms with Crippen LogP contribution in [0, 0.1) is 0 Å². The summed E-state index contributed by atoms with van der Waals surface area (Å²) >= 11 is 0. The fourth-order valence-corrected chi connectivity index (χ4v) is 2.36. The summed E-state index contributed by atoms with van der Waals surface area (Å²) in [6.07, 6.45) is 0.593. The monoisotopic (exact) mass is 273 g/mol. The zero-order valence-electron chi connectivity index (χ0n) is 11.8. The highest BCUT2D eigenvalue weighted by molar-refractivity contribution is 5.97. The van der Waals surface area contributed by atoms with Gasteiger partial charge >= 0.3 is 0 Å². The quantitative estimate of drug-likeness (QED) is 0.836. The molecular weight excluding hydrogens is 254 g/mol. The molecule has 0 saturated heterocycles. The van der Waals surface area contributed by atoms with Crippen molar-refractivity contribution in [2.45, 2.75) is 19.1 Å². The third-order valence-corrected chi connectivity index (χ3v) is 3.29. The van der Waals surface area contributed by atoms with Gasteiger partial charge in [-0.05, 0) is 5.56 Å². The minimum atomic E-state index is -0.517. The van der Waals surface area contributed by atoms with Crippen molar-refractivity contribution in [3.8, 4) is 0 Å². The Labute approximate surface area is 119 Å². The number of amides is 1. The maximum atomic E-state index is 12.2. The summed E-state index contributed by atoms with van der Waals surface area (Å²) in [5.41, 5.74) is 3.28. The smallest absolute Gasteiger partial charge is 0.251 e. The van der Waals surface area contributed by atoms with Gasteiger partial charge in [-0.1, -0.05) is 36.9 Å². The fourth-order valence-electron chi connectivity index (χ4n) is 2.36. The minimum absolute atomic E-state index is 0.126. The lowest BCUT2D eigenvalue weighted by Gasteiger charge is -2.26. The van der Waals surface area contributed by atoms with Crippen LogP contribution >= 0.6 is 0 Å². The van der Waals surface area contributed by atoms with E-state index < -0.39 is 6.29 Å². The third kappa shape index (κ3) is 3.15. The molecule has 2 rings (SSSR count). The number of methoxy groups -OCH3 is 2. The number of benzene rings is 1. The number of rotatable bonds is 5. The van der Waals surface area contributed by atoms with Gasteiger partial charge in [0.05, 0.1) is 0 Å². The number of allylic oxidation sites excluding steroid dienone is 1. The van der Waals surface area contributed by atoms with Crippen molar-refractivity contribution in [1.82, 2.24) is 5.32 Å². The van der Waals surface area contributed by atoms with Gasteiger partial charge in [0.25, 0.3) is 5.91 Å². The minimum Gasteiger partial charge on any atom is -0.352 e. The number of carbonyl (C=O) groups excluding carboxylic acids is 1. The van der Waals surface area contributed by atoms with Crippen LogP contribution < -0.4 is 5.32 Å². The van der Waals surface area contributed by atoms with Gasteiger partial charge in [-0.15, -0.1) is 0 Å². The summed E-state index contributed by atoms with van der Waals surface area (Å²) in [7, 11) is 3.13. The summed E-state index contributed by atoms with van der Waals surface area (Å²) in [4.78, 5) is 12.2. The van der Waals surface area contributed by atoms with Crippen molar-refractivity contribution in [3.05, 3.63) is 59.3 Å². The fraction of sp³-hybridized carbons (Fsp3) is 0.312. The van der Waals surface area contributed by atoms with Crippen molar-refractivity contribution in [2.75, 3.05) is 14.2 Å². The Balaban J connectivity index is 2.37. The van der Waals surface area contributed by atoms with Crippen LogP contribution in [-0.2, 0) is 20.7 Å². The zero-order chi connectivity index (χ0) is 14.5. The Bertz CT molecular complexity index is 530. The van der Waals surface area contributed by atoms with Crippen molar-refractivity contribution < 1.29 is 14.3 Å². The molecule has 106 valence electrons. The second-order valence-electron chi connectivity index (χ2n) is 4.70. The van der Waals surface area contributed by atoms with Crippen LogP contribution in [0.3, 0.4) is 0 Å². The van der Waals surface area contributed by atoms with E-state index in [4.69, 9.17) is 9.47 Å². The molecule has 0 fully saturated rings. The number of nitrogens with one attached hydrogen (secondary N) is 1. The molecule has 1 aliphatic heterocycles. The molecule has 0 aromatic heterocycles. The lowest BCUT2D eigenvalue weighted by Crippen LogP contribution is -2.34. The highest BCUT2D eigenvalue weighted by Gasteiger charge is 2.27. The van der Waals surface area contributed by atoms with E-state index in [9.17, 15) is 4.79 Å². The van der Waals surface area contributed by atoms with Crippen LogP contribution in [0.4, 0.5) is 0 Å². The second-order valence-corrected chi connectivity index (χ2v) is 4.70. The molecule has 0 radical (unpaired) electrons. The summed E-state index contributed by atoms with van der Waals surface area (Å²) < 4.78 is 10.6. The molecule has 1 N–H and O–H groups in total. The molecule has 0 aliphatic carbocycles. The summed E-state index contributed by atoms with van der Waals surface area (Å²) in [6, 6.07) is 9.86. The first kappa shape index (κ1) is 14.5. The number of ether oxygens (including phenoxy) is 2. The largest absolute Gasteiger partial charge is 0.352 e. The Morgan fingerprint density at radius 1 is 1.25 bits per heavy atom. The molecule has 0 bridgehead atoms. The van der Waals surface area contributed by atoms with Gasteiger partial charge in [0, 0.05) is 43.9 Å². The summed E-state index contributed by atoms with van der Waals surface area (Å²) in [5, 5.41) is 2.78. The number of hydrogen-bond acceptors (Lipinski definition) is 3. The van der Waals surface area contributed by atoms with Gasteiger partial charge in [-0.25, -0.2) is 0 Å². The van der Waals surface area contributed by atoms with E-state index in [1.165, 1.54) is 0 Å². The van der Waals surface area contributed by atoms with Gasteiger partial charge in [0.15, 0.2) is 6.29 Å². The second kappa shape index (κ2) is 6.50. The van der Waals surface area contributed by atoms with Crippen molar-refractivity contribution in [1.29, 1.82) is 0 Å². The average Bonchev–Trinajstić information content (AvgIpc) is 2.45. The van der Waals surface area contributed by atoms with E-state index >= 15 is 0 Å². The Hall–Kier alpha value is -1.91. The summed E-state index contributed by atoms with van der Waals surface area (Å²) in [6.45, 7) is 3.83. The maximum absolute atomic E-state index is 12.2. The third-order valence-electron chi connectivity index (χ3n) is 3.29. The van der Waals surface area contributed by atoms with E-state index in [2.05, 4.69) is 11.9 Å². The highest BCUT2D eigenvalue weighted by atomic mass is 16.7. The molecular formula is C16H19NO3. The highest BCUT2D eigenvalue weighted by Crippen LogP contribution is 2.26. The Kier molecular flexibility index (Phi) is 4.71. The van der Waals surface area contributed by atoms with Gasteiger partial charge in [-0.3, -0.25) is 4.79 Å². The molecule has 4 nitrogen and oxygen atoms in total. The van der Waals surface area contributed by atoms with Crippen LogP contribution in [0.15, 0.2) is 53.8 Å². The average molecular weight is 273 g/mol. The molecule has 1 amide bonds. The standard InChI is InChI=1S/C16H19NO3/c1-11-9-14(16(19-2)20-3)13(15(18)17-11)10-12-7-5-4-6-8-12/h4-8,16H,1,9-10H2,2-3H3,(H,17,18). The lowest BCUT2D eigenvalue weighted by atomic mass is 9.93. The van der Waals surface area contributed by atoms with Crippen LogP contribution in [0.25, 0.3) is 0 Å². The predicted octanol–water partition coefficient (Wildman–Crippen LogP) is 2.18. The first-order valence-electron chi connectivity index (χ1n) is 6.46. The van der Waals surface area contributed by atoms with Crippen molar-refractivity contribution in [2.24, 2.45) is 0 Å². The van der Waals surface area contributed by atoms with Gasteiger partial charge in [-0.2, -0.15) is 0 Å². The van der Waals surface area contributed by atoms with Gasteiger partial charge in [0.2, 0.25) is 0 Å². The molecule has 0 unspecified atom stereocenters. The topological polar surface area (TPSA) is 47.6 Å². The van der Waals surface area contributed by atoms with Crippen LogP contribution in [0.5, 0.6) is 0 Å². The van der Waals surface area contributed by atoms with E-state index in [1.54, 1.807) is 14.2 Å². The molecule has 1 aromatic carbocycles. The van der Waals surface area contributed by atoms with E-state index in [1.807, 2.05) is 30.3 Å². The van der Waals surface area contributed by atoms with E-state index in [0.717, 1.165) is 11.1 Å². The molecule has 0 atom stereocenters. The first-order chi connectivity index (χ1) is 9.65.